The Bertz CT molecular complexity index is 1590. The highest BCUT2D eigenvalue weighted by atomic mass is 35.5. The van der Waals surface area contributed by atoms with E-state index in [-0.39, 0.29) is 22.0 Å². The molecule has 33 heavy (non-hydrogen) atoms. The van der Waals surface area contributed by atoms with Crippen LogP contribution >= 0.6 is 24.2 Å². The van der Waals surface area contributed by atoms with Crippen LogP contribution in [0.2, 0.25) is 5.28 Å². The molecule has 0 amide bonds. The Morgan fingerprint density at radius 2 is 1.85 bits per heavy atom. The highest BCUT2D eigenvalue weighted by molar-refractivity contribution is 7.86. The molecule has 0 unspecified atom stereocenters. The molecular formula is C19H13ClN6O5S2. The summed E-state index contributed by atoms with van der Waals surface area (Å²) in [6, 6.07) is 12.2. The summed E-state index contributed by atoms with van der Waals surface area (Å²) < 4.78 is 33.8. The Balaban J connectivity index is 1.83. The first-order chi connectivity index (χ1) is 15.6. The summed E-state index contributed by atoms with van der Waals surface area (Å²) in [6.07, 6.45) is 0. The number of anilines is 2. The van der Waals surface area contributed by atoms with Crippen molar-refractivity contribution in [2.45, 2.75) is 9.79 Å². The fraction of sp³-hybridized carbons (Fsp3) is 0. The summed E-state index contributed by atoms with van der Waals surface area (Å²) in [5.41, 5.74) is -0.477. The van der Waals surface area contributed by atoms with E-state index >= 15 is 0 Å². The van der Waals surface area contributed by atoms with Crippen LogP contribution in [0, 0.1) is 0 Å². The number of thiol groups is 1. The van der Waals surface area contributed by atoms with Crippen molar-refractivity contribution in [1.82, 2.24) is 15.0 Å². The number of halogens is 1. The highest BCUT2D eigenvalue weighted by Gasteiger charge is 2.22. The molecule has 0 aliphatic rings. The molecule has 0 spiro atoms. The third-order valence-corrected chi connectivity index (χ3v) is 5.77. The number of aromatic nitrogens is 3. The average molecular weight is 505 g/mol. The van der Waals surface area contributed by atoms with Crippen LogP contribution in [-0.2, 0) is 10.1 Å². The molecule has 14 heteroatoms. The molecule has 1 aromatic heterocycles. The monoisotopic (exact) mass is 504 g/mol. The topological polar surface area (TPSA) is 170 Å². The van der Waals surface area contributed by atoms with Gasteiger partial charge in [-0.15, -0.1) is 22.9 Å². The molecule has 0 fully saturated rings. The second-order valence-electron chi connectivity index (χ2n) is 6.56. The minimum Gasteiger partial charge on any atom is -0.505 e. The van der Waals surface area contributed by atoms with Gasteiger partial charge < -0.3 is 10.4 Å². The number of hydrogen-bond acceptors (Lipinski definition) is 10. The number of aromatic hydroxyl groups is 1. The van der Waals surface area contributed by atoms with E-state index in [1.807, 2.05) is 0 Å². The summed E-state index contributed by atoms with van der Waals surface area (Å²) in [5, 5.41) is 21.6. The molecule has 168 valence electrons. The fourth-order valence-electron chi connectivity index (χ4n) is 2.92. The van der Waals surface area contributed by atoms with E-state index in [0.717, 1.165) is 6.07 Å². The number of azo groups is 1. The van der Waals surface area contributed by atoms with Crippen LogP contribution in [0.15, 0.2) is 73.3 Å². The summed E-state index contributed by atoms with van der Waals surface area (Å²) >= 11 is 9.95. The Kier molecular flexibility index (Phi) is 6.03. The van der Waals surface area contributed by atoms with Crippen LogP contribution in [0.5, 0.6) is 5.75 Å². The molecular weight excluding hydrogens is 492 g/mol. The van der Waals surface area contributed by atoms with E-state index in [1.54, 1.807) is 24.3 Å². The zero-order valence-electron chi connectivity index (χ0n) is 16.3. The lowest BCUT2D eigenvalue weighted by Crippen LogP contribution is -2.14. The second kappa shape index (κ2) is 8.78. The predicted molar refractivity (Wildman–Crippen MR) is 124 cm³/mol. The molecule has 0 saturated heterocycles. The number of H-pyrrole nitrogens is 1. The lowest BCUT2D eigenvalue weighted by Gasteiger charge is -2.11. The zero-order chi connectivity index (χ0) is 23.8. The average Bonchev–Trinajstić information content (AvgIpc) is 2.72. The Labute approximate surface area is 196 Å². The van der Waals surface area contributed by atoms with Crippen molar-refractivity contribution in [3.8, 4) is 5.75 Å². The summed E-state index contributed by atoms with van der Waals surface area (Å²) in [5.74, 6) is -0.610. The maximum atomic E-state index is 12.0. The van der Waals surface area contributed by atoms with E-state index in [2.05, 4.69) is 43.1 Å². The molecule has 0 radical (unpaired) electrons. The van der Waals surface area contributed by atoms with Gasteiger partial charge in [0.05, 0.1) is 5.69 Å². The van der Waals surface area contributed by atoms with Crippen LogP contribution < -0.4 is 11.0 Å². The molecule has 0 bridgehead atoms. The first-order valence-electron chi connectivity index (χ1n) is 8.99. The van der Waals surface area contributed by atoms with E-state index < -0.39 is 32.1 Å². The number of benzene rings is 3. The van der Waals surface area contributed by atoms with Crippen LogP contribution in [0.4, 0.5) is 23.0 Å². The van der Waals surface area contributed by atoms with E-state index in [9.17, 15) is 22.9 Å². The van der Waals surface area contributed by atoms with Crippen molar-refractivity contribution in [3.63, 3.8) is 0 Å². The second-order valence-corrected chi connectivity index (χ2v) is 8.79. The van der Waals surface area contributed by atoms with Gasteiger partial charge in [0.15, 0.2) is 5.75 Å². The van der Waals surface area contributed by atoms with Crippen molar-refractivity contribution in [3.05, 3.63) is 64.3 Å². The number of rotatable bonds is 5. The van der Waals surface area contributed by atoms with E-state index in [0.29, 0.717) is 16.3 Å². The lowest BCUT2D eigenvalue weighted by atomic mass is 10.1. The van der Waals surface area contributed by atoms with Gasteiger partial charge in [-0.05, 0) is 53.4 Å². The number of nitrogens with zero attached hydrogens (tertiary/aromatic N) is 4. The molecule has 0 aliphatic heterocycles. The highest BCUT2D eigenvalue weighted by Crippen LogP contribution is 2.42. The Hall–Kier alpha value is -3.52. The largest absolute Gasteiger partial charge is 0.505 e. The smallest absolute Gasteiger partial charge is 0.350 e. The van der Waals surface area contributed by atoms with Gasteiger partial charge >= 0.3 is 5.69 Å². The van der Waals surface area contributed by atoms with Gasteiger partial charge in [-0.3, -0.25) is 9.54 Å². The molecule has 1 heterocycles. The van der Waals surface area contributed by atoms with Crippen LogP contribution in [0.1, 0.15) is 0 Å². The molecule has 4 aromatic rings. The fourth-order valence-corrected chi connectivity index (χ4v) is 3.94. The van der Waals surface area contributed by atoms with Gasteiger partial charge in [-0.25, -0.2) is 4.79 Å². The van der Waals surface area contributed by atoms with Gasteiger partial charge in [0.2, 0.25) is 11.2 Å². The normalized spacial score (nSPS) is 11.8. The molecule has 0 saturated carbocycles. The van der Waals surface area contributed by atoms with Gasteiger partial charge in [0.25, 0.3) is 10.1 Å². The summed E-state index contributed by atoms with van der Waals surface area (Å²) in [6.45, 7) is 0. The molecule has 0 atom stereocenters. The van der Waals surface area contributed by atoms with E-state index in [1.165, 1.54) is 18.2 Å². The number of hydrogen-bond donors (Lipinski definition) is 5. The zero-order valence-corrected chi connectivity index (χ0v) is 18.7. The van der Waals surface area contributed by atoms with Crippen molar-refractivity contribution in [2.75, 3.05) is 5.32 Å². The van der Waals surface area contributed by atoms with Crippen molar-refractivity contribution < 1.29 is 18.1 Å². The number of nitrogens with one attached hydrogen (secondary N) is 2. The Morgan fingerprint density at radius 3 is 2.55 bits per heavy atom. The van der Waals surface area contributed by atoms with Gasteiger partial charge in [0, 0.05) is 16.0 Å². The number of aromatic amines is 1. The third kappa shape index (κ3) is 4.96. The minimum atomic E-state index is -4.79. The standard InChI is InChI=1S/C19H13ClN6O5S2/c20-17-22-18(24-19(28)23-17)21-10-5-6-11-9(7-10)8-14(33(29,30)31)15(16(11)27)26-25-12-3-1-2-4-13(12)32/h1-8,27,32H,(H,29,30,31)(H2,21,22,23,24,28). The SMILES string of the molecule is O=c1nc(Nc2ccc3c(O)c(N=Nc4ccccc4S)c(S(=O)(=O)O)cc3c2)nc(Cl)[nH]1. The Morgan fingerprint density at radius 1 is 1.09 bits per heavy atom. The first kappa shape index (κ1) is 22.7. The quantitative estimate of drug-likeness (QED) is 0.151. The van der Waals surface area contributed by atoms with Gasteiger partial charge in [-0.2, -0.15) is 18.4 Å². The van der Waals surface area contributed by atoms with E-state index in [4.69, 9.17) is 11.6 Å². The van der Waals surface area contributed by atoms with Gasteiger partial charge in [-0.1, -0.05) is 12.1 Å². The molecule has 0 aliphatic carbocycles. The van der Waals surface area contributed by atoms with Crippen LogP contribution in [-0.4, -0.2) is 33.0 Å². The first-order valence-corrected chi connectivity index (χ1v) is 11.3. The molecule has 3 aromatic carbocycles. The van der Waals surface area contributed by atoms with Crippen molar-refractivity contribution in [2.24, 2.45) is 10.2 Å². The number of fused-ring (bicyclic) bond motifs is 1. The van der Waals surface area contributed by atoms with Gasteiger partial charge in [0.1, 0.15) is 10.6 Å². The lowest BCUT2D eigenvalue weighted by molar-refractivity contribution is 0.472. The molecule has 11 nitrogen and oxygen atoms in total. The predicted octanol–water partition coefficient (Wildman–Crippen LogP) is 4.37. The molecule has 4 N–H and O–H groups in total. The maximum absolute atomic E-state index is 12.0. The van der Waals surface area contributed by atoms with Crippen LogP contribution in [0.25, 0.3) is 10.8 Å². The summed E-state index contributed by atoms with van der Waals surface area (Å²) in [7, 11) is -4.79. The minimum absolute atomic E-state index is 0.0989. The van der Waals surface area contributed by atoms with Crippen molar-refractivity contribution in [1.29, 1.82) is 0 Å². The third-order valence-electron chi connectivity index (χ3n) is 4.35. The maximum Gasteiger partial charge on any atom is 0.350 e. The number of phenolic OH excluding ortho intramolecular Hbond substituents is 1. The molecule has 4 rings (SSSR count). The van der Waals surface area contributed by atoms with Crippen molar-refractivity contribution >= 4 is 68.1 Å². The number of phenols is 1. The van der Waals surface area contributed by atoms with Crippen LogP contribution in [0.3, 0.4) is 0 Å². The summed E-state index contributed by atoms with van der Waals surface area (Å²) in [4.78, 5) is 20.9.